The number of benzene rings is 1. The highest BCUT2D eigenvalue weighted by Gasteiger charge is 2.28. The van der Waals surface area contributed by atoms with Crippen LogP contribution in [0.4, 0.5) is 10.1 Å². The molecule has 0 bridgehead atoms. The van der Waals surface area contributed by atoms with Crippen LogP contribution in [0.5, 0.6) is 0 Å². The molecular formula is C12H14FNO5S. The predicted octanol–water partition coefficient (Wildman–Crippen LogP) is 2.09. The molecule has 0 amide bonds. The fourth-order valence-electron chi connectivity index (χ4n) is 1.74. The molecule has 0 aromatic heterocycles. The second-order valence-corrected chi connectivity index (χ2v) is 6.13. The van der Waals surface area contributed by atoms with Crippen LogP contribution in [0.2, 0.25) is 0 Å². The molecule has 0 aliphatic carbocycles. The first-order valence-electron chi connectivity index (χ1n) is 5.76. The van der Waals surface area contributed by atoms with Crippen molar-refractivity contribution in [2.24, 2.45) is 5.92 Å². The molecule has 0 radical (unpaired) electrons. The monoisotopic (exact) mass is 303 g/mol. The highest BCUT2D eigenvalue weighted by molar-refractivity contribution is 7.85. The normalized spacial score (nSPS) is 14.0. The zero-order valence-electron chi connectivity index (χ0n) is 10.9. The van der Waals surface area contributed by atoms with Gasteiger partial charge in [-0.3, -0.25) is 19.1 Å². The zero-order valence-corrected chi connectivity index (χ0v) is 11.7. The molecule has 110 valence electrons. The number of aliphatic carboxylic acids is 1. The number of nitro groups is 1. The van der Waals surface area contributed by atoms with Crippen molar-refractivity contribution in [1.29, 1.82) is 0 Å². The molecule has 0 saturated carbocycles. The van der Waals surface area contributed by atoms with Gasteiger partial charge >= 0.3 is 11.7 Å². The van der Waals surface area contributed by atoms with Crippen molar-refractivity contribution < 1.29 is 23.4 Å². The Balaban J connectivity index is 2.93. The fraction of sp³-hybridized carbons (Fsp3) is 0.417. The van der Waals surface area contributed by atoms with Gasteiger partial charge in [-0.25, -0.2) is 0 Å². The van der Waals surface area contributed by atoms with E-state index in [1.165, 1.54) is 6.07 Å². The van der Waals surface area contributed by atoms with E-state index in [0.29, 0.717) is 0 Å². The van der Waals surface area contributed by atoms with Gasteiger partial charge in [-0.05, 0) is 17.5 Å². The Morgan fingerprint density at radius 1 is 1.50 bits per heavy atom. The fourth-order valence-corrected chi connectivity index (χ4v) is 3.26. The highest BCUT2D eigenvalue weighted by Crippen LogP contribution is 2.20. The van der Waals surface area contributed by atoms with Crippen LogP contribution in [0.1, 0.15) is 19.4 Å². The molecule has 8 heteroatoms. The second kappa shape index (κ2) is 6.56. The number of hydrogen-bond donors (Lipinski definition) is 1. The molecule has 1 aromatic carbocycles. The first-order valence-corrected chi connectivity index (χ1v) is 7.15. The predicted molar refractivity (Wildman–Crippen MR) is 71.2 cm³/mol. The lowest BCUT2D eigenvalue weighted by Crippen LogP contribution is -2.31. The van der Waals surface area contributed by atoms with Crippen LogP contribution in [0.3, 0.4) is 0 Å². The minimum atomic E-state index is -1.73. The summed E-state index contributed by atoms with van der Waals surface area (Å²) in [5.41, 5.74) is -0.406. The first kappa shape index (κ1) is 16.2. The minimum absolute atomic E-state index is 0.163. The molecule has 0 saturated heterocycles. The summed E-state index contributed by atoms with van der Waals surface area (Å²) >= 11 is 0. The van der Waals surface area contributed by atoms with Crippen LogP contribution in [0, 0.1) is 21.8 Å². The molecule has 1 aromatic rings. The molecule has 0 aliphatic heterocycles. The summed E-state index contributed by atoms with van der Waals surface area (Å²) in [6.07, 6.45) is 0. The van der Waals surface area contributed by atoms with Crippen LogP contribution >= 0.6 is 0 Å². The van der Waals surface area contributed by atoms with Crippen LogP contribution < -0.4 is 0 Å². The molecule has 1 N–H and O–H groups in total. The quantitative estimate of drug-likeness (QED) is 0.641. The summed E-state index contributed by atoms with van der Waals surface area (Å²) < 4.78 is 25.4. The van der Waals surface area contributed by atoms with Gasteiger partial charge in [-0.2, -0.15) is 4.39 Å². The van der Waals surface area contributed by atoms with Crippen molar-refractivity contribution in [2.45, 2.75) is 24.9 Å². The molecule has 6 nitrogen and oxygen atoms in total. The maximum atomic E-state index is 13.4. The average Bonchev–Trinajstić information content (AvgIpc) is 2.26. The van der Waals surface area contributed by atoms with E-state index >= 15 is 0 Å². The number of nitrogens with zero attached hydrogens (tertiary/aromatic N) is 1. The van der Waals surface area contributed by atoms with Gasteiger partial charge in [0.1, 0.15) is 5.25 Å². The molecule has 0 fully saturated rings. The zero-order chi connectivity index (χ0) is 15.4. The summed E-state index contributed by atoms with van der Waals surface area (Å²) in [7, 11) is -1.73. The largest absolute Gasteiger partial charge is 0.480 e. The lowest BCUT2D eigenvalue weighted by Gasteiger charge is -2.15. The average molecular weight is 303 g/mol. The topological polar surface area (TPSA) is 97.5 Å². The van der Waals surface area contributed by atoms with Gasteiger partial charge in [-0.15, -0.1) is 0 Å². The lowest BCUT2D eigenvalue weighted by molar-refractivity contribution is -0.387. The number of carbonyl (C=O) groups is 1. The maximum absolute atomic E-state index is 13.4. The Bertz CT molecular complexity index is 561. The molecule has 2 atom stereocenters. The van der Waals surface area contributed by atoms with Gasteiger partial charge in [-0.1, -0.05) is 19.9 Å². The van der Waals surface area contributed by atoms with Crippen molar-refractivity contribution in [3.05, 3.63) is 39.7 Å². The van der Waals surface area contributed by atoms with Gasteiger partial charge in [0, 0.05) is 22.6 Å². The smallest absolute Gasteiger partial charge is 0.319 e. The number of hydrogen-bond acceptors (Lipinski definition) is 4. The van der Waals surface area contributed by atoms with Gasteiger partial charge < -0.3 is 5.11 Å². The summed E-state index contributed by atoms with van der Waals surface area (Å²) in [6, 6.07) is 3.17. The first-order chi connectivity index (χ1) is 9.23. The second-order valence-electron chi connectivity index (χ2n) is 4.57. The number of carboxylic acid groups (broad SMARTS) is 1. The van der Waals surface area contributed by atoms with Crippen molar-refractivity contribution in [2.75, 3.05) is 0 Å². The Kier molecular flexibility index (Phi) is 5.32. The molecule has 1 rings (SSSR count). The van der Waals surface area contributed by atoms with Gasteiger partial charge in [0.2, 0.25) is 5.82 Å². The number of rotatable bonds is 6. The van der Waals surface area contributed by atoms with E-state index in [1.807, 2.05) is 0 Å². The van der Waals surface area contributed by atoms with Crippen molar-refractivity contribution >= 4 is 22.5 Å². The van der Waals surface area contributed by atoms with E-state index in [-0.39, 0.29) is 17.2 Å². The van der Waals surface area contributed by atoms with Crippen molar-refractivity contribution in [3.8, 4) is 0 Å². The van der Waals surface area contributed by atoms with Gasteiger partial charge in [0.15, 0.2) is 0 Å². The van der Waals surface area contributed by atoms with E-state index in [1.54, 1.807) is 13.8 Å². The van der Waals surface area contributed by atoms with E-state index in [0.717, 1.165) is 12.1 Å². The highest BCUT2D eigenvalue weighted by atomic mass is 32.2. The van der Waals surface area contributed by atoms with Crippen LogP contribution in [-0.2, 0) is 21.3 Å². The standard InChI is InChI=1S/C12H14FNO5S/c1-7(2)11(12(15)16)20(19)6-8-3-4-10(14(17)18)9(13)5-8/h3-5,7,11H,6H2,1-2H3,(H,15,16). The molecule has 0 heterocycles. The number of carboxylic acids is 1. The van der Waals surface area contributed by atoms with Crippen LogP contribution in [0.25, 0.3) is 0 Å². The van der Waals surface area contributed by atoms with E-state index in [9.17, 15) is 23.5 Å². The number of halogens is 1. The summed E-state index contributed by atoms with van der Waals surface area (Å²) in [5, 5.41) is 18.4. The van der Waals surface area contributed by atoms with Crippen molar-refractivity contribution in [1.82, 2.24) is 0 Å². The van der Waals surface area contributed by atoms with E-state index < -0.39 is 38.4 Å². The van der Waals surface area contributed by atoms with Crippen LogP contribution in [0.15, 0.2) is 18.2 Å². The Morgan fingerprint density at radius 2 is 2.10 bits per heavy atom. The summed E-state index contributed by atoms with van der Waals surface area (Å²) in [6.45, 7) is 3.26. The molecule has 0 aliphatic rings. The Morgan fingerprint density at radius 3 is 2.50 bits per heavy atom. The molecule has 2 unspecified atom stereocenters. The molecular weight excluding hydrogens is 289 g/mol. The van der Waals surface area contributed by atoms with Gasteiger partial charge in [0.25, 0.3) is 0 Å². The molecule has 20 heavy (non-hydrogen) atoms. The Hall–Kier alpha value is -1.83. The third-order valence-electron chi connectivity index (χ3n) is 2.65. The molecule has 0 spiro atoms. The van der Waals surface area contributed by atoms with Crippen molar-refractivity contribution in [3.63, 3.8) is 0 Å². The number of nitro benzene ring substituents is 1. The SMILES string of the molecule is CC(C)C(C(=O)O)S(=O)Cc1ccc([N+](=O)[O-])c(F)c1. The van der Waals surface area contributed by atoms with E-state index in [4.69, 9.17) is 5.11 Å². The maximum Gasteiger partial charge on any atom is 0.319 e. The summed E-state index contributed by atoms with van der Waals surface area (Å²) in [5.74, 6) is -2.71. The lowest BCUT2D eigenvalue weighted by atomic mass is 10.1. The minimum Gasteiger partial charge on any atom is -0.480 e. The third kappa shape index (κ3) is 3.83. The van der Waals surface area contributed by atoms with Crippen LogP contribution in [-0.4, -0.2) is 25.5 Å². The Labute approximate surface area is 117 Å². The van der Waals surface area contributed by atoms with E-state index in [2.05, 4.69) is 0 Å². The summed E-state index contributed by atoms with van der Waals surface area (Å²) in [4.78, 5) is 20.6. The third-order valence-corrected chi connectivity index (χ3v) is 4.58. The van der Waals surface area contributed by atoms with Gasteiger partial charge in [0.05, 0.1) is 4.92 Å².